The fourth-order valence-electron chi connectivity index (χ4n) is 3.84. The number of aryl methyl sites for hydroxylation is 1. The van der Waals surface area contributed by atoms with Crippen LogP contribution in [-0.4, -0.2) is 29.2 Å². The van der Waals surface area contributed by atoms with Gasteiger partial charge in [-0.05, 0) is 25.1 Å². The van der Waals surface area contributed by atoms with Crippen molar-refractivity contribution in [1.29, 1.82) is 0 Å². The molecule has 2 aromatic carbocycles. The van der Waals surface area contributed by atoms with Crippen molar-refractivity contribution in [2.75, 3.05) is 6.61 Å². The Hall–Kier alpha value is -3.23. The molecule has 0 aliphatic rings. The van der Waals surface area contributed by atoms with E-state index >= 15 is 0 Å². The summed E-state index contributed by atoms with van der Waals surface area (Å²) in [4.78, 5) is 8.63. The lowest BCUT2D eigenvalue weighted by atomic mass is 10.1. The van der Waals surface area contributed by atoms with E-state index in [2.05, 4.69) is 29.6 Å². The van der Waals surface area contributed by atoms with Gasteiger partial charge in [-0.15, -0.1) is 0 Å². The van der Waals surface area contributed by atoms with Crippen molar-refractivity contribution in [1.82, 2.24) is 14.5 Å². The van der Waals surface area contributed by atoms with E-state index in [4.69, 9.17) is 4.74 Å². The lowest BCUT2D eigenvalue weighted by molar-refractivity contribution is -0.140. The molecule has 0 radical (unpaired) electrons. The molecule has 36 heavy (non-hydrogen) atoms. The topological polar surface area (TPSA) is 39.9 Å². The summed E-state index contributed by atoms with van der Waals surface area (Å²) in [5.74, 6) is 0.178. The molecule has 0 saturated heterocycles. The van der Waals surface area contributed by atoms with Crippen LogP contribution in [0.15, 0.2) is 72.9 Å². The molecule has 0 amide bonds. The van der Waals surface area contributed by atoms with E-state index < -0.39 is 19.9 Å². The molecule has 188 valence electrons. The van der Waals surface area contributed by atoms with Crippen LogP contribution >= 0.6 is 0 Å². The number of nitrogens with zero attached hydrogens (tertiary/aromatic N) is 3. The van der Waals surface area contributed by atoms with Gasteiger partial charge < -0.3 is 4.74 Å². The zero-order valence-corrected chi connectivity index (χ0v) is 21.9. The Morgan fingerprint density at radius 3 is 2.11 bits per heavy atom. The van der Waals surface area contributed by atoms with Gasteiger partial charge in [0, 0.05) is 37.6 Å². The summed E-state index contributed by atoms with van der Waals surface area (Å²) in [5.41, 5.74) is 2.80. The van der Waals surface area contributed by atoms with Gasteiger partial charge in [0.05, 0.1) is 11.4 Å². The first-order valence-electron chi connectivity index (χ1n) is 11.9. The van der Waals surface area contributed by atoms with E-state index in [1.165, 1.54) is 4.57 Å². The molecule has 0 aliphatic heterocycles. The van der Waals surface area contributed by atoms with Gasteiger partial charge in [0.15, 0.2) is 5.69 Å². The number of halogens is 3. The summed E-state index contributed by atoms with van der Waals surface area (Å²) >= 11 is 0. The molecule has 0 bridgehead atoms. The monoisotopic (exact) mass is 509 g/mol. The number of ether oxygens (including phenoxy) is 1. The minimum absolute atomic E-state index is 0.00582. The molecule has 8 heteroatoms. The third-order valence-electron chi connectivity index (χ3n) is 5.87. The quantitative estimate of drug-likeness (QED) is 0.179. The van der Waals surface area contributed by atoms with Gasteiger partial charge in [-0.25, -0.2) is 4.98 Å². The lowest BCUT2D eigenvalue weighted by Crippen LogP contribution is -2.22. The number of hydrogen-bond donors (Lipinski definition) is 0. The van der Waals surface area contributed by atoms with E-state index in [0.29, 0.717) is 17.7 Å². The van der Waals surface area contributed by atoms with Crippen LogP contribution < -0.4 is 0 Å². The van der Waals surface area contributed by atoms with Gasteiger partial charge >= 0.3 is 6.18 Å². The molecule has 0 saturated carbocycles. The third-order valence-corrected chi connectivity index (χ3v) is 7.57. The summed E-state index contributed by atoms with van der Waals surface area (Å²) < 4.78 is 50.0. The summed E-state index contributed by atoms with van der Waals surface area (Å²) in [6, 6.07) is 21.0. The van der Waals surface area contributed by atoms with Crippen LogP contribution in [0.1, 0.15) is 11.3 Å². The SMILES string of the molecule is Cc1ccc(-c2ccc(-c3nc(C(F)(F)F)c(-c4ccccc4)n3COCC[Si](C)(C)C)cn2)cc1. The number of alkyl halides is 3. The molecule has 4 rings (SSSR count). The van der Waals surface area contributed by atoms with Crippen LogP contribution in [0.25, 0.3) is 33.9 Å². The van der Waals surface area contributed by atoms with Crippen molar-refractivity contribution in [3.05, 3.63) is 84.2 Å². The highest BCUT2D eigenvalue weighted by Gasteiger charge is 2.39. The van der Waals surface area contributed by atoms with Crippen molar-refractivity contribution in [3.63, 3.8) is 0 Å². The Morgan fingerprint density at radius 1 is 0.861 bits per heavy atom. The Kier molecular flexibility index (Phi) is 7.47. The van der Waals surface area contributed by atoms with Crippen LogP contribution in [0.3, 0.4) is 0 Å². The van der Waals surface area contributed by atoms with Crippen LogP contribution in [0.5, 0.6) is 0 Å². The standard InChI is InChI=1S/C28H30F3N3OSi/c1-20-10-12-21(13-11-20)24-15-14-23(18-32-24)27-33-26(28(29,30)31)25(22-8-6-5-7-9-22)34(27)19-35-16-17-36(2,3)4/h5-15,18H,16-17,19H2,1-4H3. The Bertz CT molecular complexity index is 1290. The van der Waals surface area contributed by atoms with E-state index in [1.54, 1.807) is 48.7 Å². The van der Waals surface area contributed by atoms with Gasteiger partial charge in [0.25, 0.3) is 0 Å². The van der Waals surface area contributed by atoms with Crippen LogP contribution in [-0.2, 0) is 17.6 Å². The number of pyridine rings is 1. The van der Waals surface area contributed by atoms with Crippen LogP contribution in [0.2, 0.25) is 25.7 Å². The molecule has 4 aromatic rings. The normalized spacial score (nSPS) is 12.2. The van der Waals surface area contributed by atoms with Gasteiger partial charge in [-0.1, -0.05) is 79.8 Å². The average molecular weight is 510 g/mol. The van der Waals surface area contributed by atoms with Crippen molar-refractivity contribution in [2.45, 2.75) is 45.5 Å². The predicted octanol–water partition coefficient (Wildman–Crippen LogP) is 7.92. The molecule has 0 unspecified atom stereocenters. The first-order chi connectivity index (χ1) is 17.0. The number of aromatic nitrogens is 3. The molecule has 2 aromatic heterocycles. The van der Waals surface area contributed by atoms with Crippen LogP contribution in [0, 0.1) is 6.92 Å². The first-order valence-corrected chi connectivity index (χ1v) is 15.6. The van der Waals surface area contributed by atoms with E-state index in [1.807, 2.05) is 31.2 Å². The van der Waals surface area contributed by atoms with E-state index in [9.17, 15) is 13.2 Å². The highest BCUT2D eigenvalue weighted by atomic mass is 28.3. The highest BCUT2D eigenvalue weighted by molar-refractivity contribution is 6.76. The van der Waals surface area contributed by atoms with Gasteiger partial charge in [0.1, 0.15) is 12.6 Å². The van der Waals surface area contributed by atoms with Crippen LogP contribution in [0.4, 0.5) is 13.2 Å². The smallest absolute Gasteiger partial charge is 0.361 e. The zero-order valence-electron chi connectivity index (χ0n) is 20.9. The van der Waals surface area contributed by atoms with E-state index in [-0.39, 0.29) is 18.2 Å². The summed E-state index contributed by atoms with van der Waals surface area (Å²) in [6.45, 7) is 9.15. The van der Waals surface area contributed by atoms with Crippen molar-refractivity contribution in [3.8, 4) is 33.9 Å². The second-order valence-electron chi connectivity index (χ2n) is 10.1. The summed E-state index contributed by atoms with van der Waals surface area (Å²) in [7, 11) is -1.36. The first kappa shape index (κ1) is 25.8. The molecular formula is C28H30F3N3OSi. The Morgan fingerprint density at radius 2 is 1.53 bits per heavy atom. The molecule has 0 fully saturated rings. The van der Waals surface area contributed by atoms with E-state index in [0.717, 1.165) is 22.9 Å². The van der Waals surface area contributed by atoms with Gasteiger partial charge in [-0.2, -0.15) is 13.2 Å². The molecular weight excluding hydrogens is 479 g/mol. The van der Waals surface area contributed by atoms with Gasteiger partial charge in [0.2, 0.25) is 0 Å². The number of rotatable bonds is 8. The fourth-order valence-corrected chi connectivity index (χ4v) is 4.60. The maximum atomic E-state index is 14.2. The second kappa shape index (κ2) is 10.4. The van der Waals surface area contributed by atoms with Crippen molar-refractivity contribution in [2.24, 2.45) is 0 Å². The fraction of sp³-hybridized carbons (Fsp3) is 0.286. The molecule has 2 heterocycles. The second-order valence-corrected chi connectivity index (χ2v) is 15.7. The number of imidazole rings is 1. The third kappa shape index (κ3) is 6.12. The minimum Gasteiger partial charge on any atom is -0.361 e. The van der Waals surface area contributed by atoms with Crippen molar-refractivity contribution >= 4 is 8.07 Å². The zero-order chi connectivity index (χ0) is 25.9. The largest absolute Gasteiger partial charge is 0.435 e. The Balaban J connectivity index is 1.78. The molecule has 0 aliphatic carbocycles. The minimum atomic E-state index is -4.63. The van der Waals surface area contributed by atoms with Crippen molar-refractivity contribution < 1.29 is 17.9 Å². The molecule has 0 N–H and O–H groups in total. The summed E-state index contributed by atoms with van der Waals surface area (Å²) in [6.07, 6.45) is -3.05. The predicted molar refractivity (Wildman–Crippen MR) is 140 cm³/mol. The number of benzene rings is 2. The maximum Gasteiger partial charge on any atom is 0.435 e. The molecule has 0 atom stereocenters. The maximum absolute atomic E-state index is 14.2. The molecule has 4 nitrogen and oxygen atoms in total. The number of hydrogen-bond acceptors (Lipinski definition) is 3. The highest BCUT2D eigenvalue weighted by Crippen LogP contribution is 2.39. The summed E-state index contributed by atoms with van der Waals surface area (Å²) in [5, 5.41) is 0. The molecule has 0 spiro atoms. The van der Waals surface area contributed by atoms with Gasteiger partial charge in [-0.3, -0.25) is 9.55 Å². The average Bonchev–Trinajstić information content (AvgIpc) is 3.22. The lowest BCUT2D eigenvalue weighted by Gasteiger charge is -2.18. The Labute approximate surface area is 210 Å².